The van der Waals surface area contributed by atoms with Crippen molar-refractivity contribution in [3.8, 4) is 0 Å². The summed E-state index contributed by atoms with van der Waals surface area (Å²) in [5.74, 6) is 0.184. The lowest BCUT2D eigenvalue weighted by Gasteiger charge is -2.03. The first-order valence-corrected chi connectivity index (χ1v) is 7.62. The SMILES string of the molecule is COC(=O)c1coc(CNCCCNS(C)(=O)=O)c1. The minimum absolute atomic E-state index is 0.373. The Bertz CT molecular complexity index is 509. The van der Waals surface area contributed by atoms with Gasteiger partial charge >= 0.3 is 5.97 Å². The summed E-state index contributed by atoms with van der Waals surface area (Å²) in [6, 6.07) is 1.60. The van der Waals surface area contributed by atoms with Gasteiger partial charge in [0.25, 0.3) is 0 Å². The number of ether oxygens (including phenoxy) is 1. The van der Waals surface area contributed by atoms with Crippen molar-refractivity contribution < 1.29 is 22.4 Å². The van der Waals surface area contributed by atoms with Crippen LogP contribution in [-0.4, -0.2) is 40.8 Å². The molecule has 1 rings (SSSR count). The number of hydrogen-bond donors (Lipinski definition) is 2. The number of methoxy groups -OCH3 is 1. The Morgan fingerprint density at radius 2 is 2.16 bits per heavy atom. The van der Waals surface area contributed by atoms with Crippen LogP contribution >= 0.6 is 0 Å². The Morgan fingerprint density at radius 1 is 1.42 bits per heavy atom. The lowest BCUT2D eigenvalue weighted by atomic mass is 10.3. The van der Waals surface area contributed by atoms with Gasteiger partial charge in [0.1, 0.15) is 12.0 Å². The molecular formula is C11H18N2O5S. The van der Waals surface area contributed by atoms with E-state index in [0.717, 1.165) is 6.26 Å². The van der Waals surface area contributed by atoms with Crippen molar-refractivity contribution in [3.05, 3.63) is 23.7 Å². The molecule has 8 heteroatoms. The smallest absolute Gasteiger partial charge is 0.341 e. The summed E-state index contributed by atoms with van der Waals surface area (Å²) in [5, 5.41) is 3.08. The van der Waals surface area contributed by atoms with Crippen molar-refractivity contribution in [2.75, 3.05) is 26.5 Å². The van der Waals surface area contributed by atoms with Gasteiger partial charge in [-0.25, -0.2) is 17.9 Å². The molecule has 0 aromatic carbocycles. The van der Waals surface area contributed by atoms with E-state index >= 15 is 0 Å². The summed E-state index contributed by atoms with van der Waals surface area (Å²) < 4.78 is 33.7. The van der Waals surface area contributed by atoms with Gasteiger partial charge in [0.15, 0.2) is 0 Å². The van der Waals surface area contributed by atoms with Gasteiger partial charge in [0.05, 0.1) is 25.5 Å². The number of nitrogens with one attached hydrogen (secondary N) is 2. The minimum atomic E-state index is -3.12. The summed E-state index contributed by atoms with van der Waals surface area (Å²) in [6.07, 6.45) is 3.13. The molecule has 108 valence electrons. The molecule has 1 aromatic heterocycles. The molecule has 0 spiro atoms. The third kappa shape index (κ3) is 6.37. The molecule has 0 aliphatic heterocycles. The van der Waals surface area contributed by atoms with E-state index in [-0.39, 0.29) is 0 Å². The van der Waals surface area contributed by atoms with Crippen LogP contribution in [0.2, 0.25) is 0 Å². The average Bonchev–Trinajstić information content (AvgIpc) is 2.80. The van der Waals surface area contributed by atoms with Crippen molar-refractivity contribution in [2.45, 2.75) is 13.0 Å². The van der Waals surface area contributed by atoms with Gasteiger partial charge in [0.2, 0.25) is 10.0 Å². The molecule has 0 unspecified atom stereocenters. The maximum atomic E-state index is 11.2. The highest BCUT2D eigenvalue weighted by Crippen LogP contribution is 2.08. The van der Waals surface area contributed by atoms with Gasteiger partial charge in [0, 0.05) is 6.54 Å². The zero-order valence-electron chi connectivity index (χ0n) is 10.9. The summed E-state index contributed by atoms with van der Waals surface area (Å²) in [6.45, 7) is 1.49. The highest BCUT2D eigenvalue weighted by atomic mass is 32.2. The number of esters is 1. The van der Waals surface area contributed by atoms with Crippen molar-refractivity contribution in [1.82, 2.24) is 10.0 Å². The predicted molar refractivity (Wildman–Crippen MR) is 69.2 cm³/mol. The maximum Gasteiger partial charge on any atom is 0.341 e. The third-order valence-corrected chi connectivity index (χ3v) is 3.00. The molecule has 7 nitrogen and oxygen atoms in total. The molecule has 1 aromatic rings. The number of carbonyl (C=O) groups excluding carboxylic acids is 1. The molecule has 0 bridgehead atoms. The fraction of sp³-hybridized carbons (Fsp3) is 0.545. The molecule has 0 saturated heterocycles. The van der Waals surface area contributed by atoms with Gasteiger partial charge in [-0.1, -0.05) is 0 Å². The van der Waals surface area contributed by atoms with Crippen LogP contribution in [0.5, 0.6) is 0 Å². The molecule has 1 heterocycles. The van der Waals surface area contributed by atoms with Crippen molar-refractivity contribution in [3.63, 3.8) is 0 Å². The number of hydrogen-bond acceptors (Lipinski definition) is 6. The summed E-state index contributed by atoms with van der Waals surface area (Å²) >= 11 is 0. The molecule has 0 aliphatic rings. The first kappa shape index (κ1) is 15.7. The second kappa shape index (κ2) is 7.27. The molecule has 0 amide bonds. The van der Waals surface area contributed by atoms with Crippen LogP contribution in [0.15, 0.2) is 16.7 Å². The highest BCUT2D eigenvalue weighted by molar-refractivity contribution is 7.88. The van der Waals surface area contributed by atoms with Crippen LogP contribution in [0.1, 0.15) is 22.5 Å². The Labute approximate surface area is 112 Å². The van der Waals surface area contributed by atoms with Gasteiger partial charge in [-0.15, -0.1) is 0 Å². The Hall–Kier alpha value is -1.38. The summed E-state index contributed by atoms with van der Waals surface area (Å²) in [7, 11) is -1.81. The molecule has 0 radical (unpaired) electrons. The van der Waals surface area contributed by atoms with Gasteiger partial charge < -0.3 is 14.5 Å². The highest BCUT2D eigenvalue weighted by Gasteiger charge is 2.09. The normalized spacial score (nSPS) is 11.5. The lowest BCUT2D eigenvalue weighted by molar-refractivity contribution is 0.0600. The molecule has 2 N–H and O–H groups in total. The Balaban J connectivity index is 2.19. The lowest BCUT2D eigenvalue weighted by Crippen LogP contribution is -2.26. The number of sulfonamides is 1. The fourth-order valence-corrected chi connectivity index (χ4v) is 1.90. The van der Waals surface area contributed by atoms with E-state index in [0.29, 0.717) is 37.4 Å². The van der Waals surface area contributed by atoms with Crippen LogP contribution in [0.25, 0.3) is 0 Å². The topological polar surface area (TPSA) is 97.6 Å². The van der Waals surface area contributed by atoms with Gasteiger partial charge in [-0.05, 0) is 19.0 Å². The zero-order chi connectivity index (χ0) is 14.3. The van der Waals surface area contributed by atoms with E-state index in [2.05, 4.69) is 14.8 Å². The van der Waals surface area contributed by atoms with Crippen LogP contribution in [0, 0.1) is 0 Å². The summed E-state index contributed by atoms with van der Waals surface area (Å²) in [5.41, 5.74) is 0.373. The standard InChI is InChI=1S/C11H18N2O5S/c1-17-11(14)9-6-10(18-8-9)7-12-4-3-5-13-19(2,15)16/h6,8,12-13H,3-5,7H2,1-2H3. The van der Waals surface area contributed by atoms with E-state index in [1.165, 1.54) is 13.4 Å². The second-order valence-electron chi connectivity index (χ2n) is 3.99. The Kier molecular flexibility index (Phi) is 6.00. The monoisotopic (exact) mass is 290 g/mol. The number of furan rings is 1. The second-order valence-corrected chi connectivity index (χ2v) is 5.82. The van der Waals surface area contributed by atoms with E-state index in [9.17, 15) is 13.2 Å². The van der Waals surface area contributed by atoms with Crippen LogP contribution in [0.4, 0.5) is 0 Å². The largest absolute Gasteiger partial charge is 0.467 e. The predicted octanol–water partition coefficient (Wildman–Crippen LogP) is 0.0951. The summed E-state index contributed by atoms with van der Waals surface area (Å²) in [4.78, 5) is 11.2. The van der Waals surface area contributed by atoms with Crippen molar-refractivity contribution in [1.29, 1.82) is 0 Å². The van der Waals surface area contributed by atoms with E-state index in [4.69, 9.17) is 4.42 Å². The van der Waals surface area contributed by atoms with Gasteiger partial charge in [-0.2, -0.15) is 0 Å². The zero-order valence-corrected chi connectivity index (χ0v) is 11.7. The van der Waals surface area contributed by atoms with E-state index in [1.807, 2.05) is 0 Å². The molecule has 19 heavy (non-hydrogen) atoms. The molecule has 0 fully saturated rings. The minimum Gasteiger partial charge on any atom is -0.467 e. The molecule has 0 aliphatic carbocycles. The maximum absolute atomic E-state index is 11.2. The van der Waals surface area contributed by atoms with E-state index in [1.54, 1.807) is 6.07 Å². The molecular weight excluding hydrogens is 272 g/mol. The first-order valence-electron chi connectivity index (χ1n) is 5.73. The van der Waals surface area contributed by atoms with Crippen LogP contribution < -0.4 is 10.0 Å². The quantitative estimate of drug-likeness (QED) is 0.520. The fourth-order valence-electron chi connectivity index (χ4n) is 1.38. The first-order chi connectivity index (χ1) is 8.92. The Morgan fingerprint density at radius 3 is 2.79 bits per heavy atom. The number of rotatable bonds is 8. The van der Waals surface area contributed by atoms with Crippen LogP contribution in [-0.2, 0) is 21.3 Å². The average molecular weight is 290 g/mol. The van der Waals surface area contributed by atoms with Crippen LogP contribution in [0.3, 0.4) is 0 Å². The molecule has 0 atom stereocenters. The van der Waals surface area contributed by atoms with E-state index < -0.39 is 16.0 Å². The third-order valence-electron chi connectivity index (χ3n) is 2.27. The van der Waals surface area contributed by atoms with Crippen molar-refractivity contribution in [2.24, 2.45) is 0 Å². The molecule has 0 saturated carbocycles. The van der Waals surface area contributed by atoms with Gasteiger partial charge in [-0.3, -0.25) is 0 Å². The van der Waals surface area contributed by atoms with Crippen molar-refractivity contribution >= 4 is 16.0 Å². The number of carbonyl (C=O) groups is 1.